The van der Waals surface area contributed by atoms with E-state index in [0.29, 0.717) is 29.6 Å². The van der Waals surface area contributed by atoms with Crippen molar-refractivity contribution in [2.24, 2.45) is 4.99 Å². The van der Waals surface area contributed by atoms with E-state index < -0.39 is 5.60 Å². The van der Waals surface area contributed by atoms with E-state index in [4.69, 9.17) is 9.15 Å². The maximum absolute atomic E-state index is 10.6. The van der Waals surface area contributed by atoms with Gasteiger partial charge in [-0.05, 0) is 51.1 Å². The number of nitrogens with zero attached hydrogens (tertiary/aromatic N) is 1. The van der Waals surface area contributed by atoms with Crippen LogP contribution in [-0.4, -0.2) is 36.4 Å². The van der Waals surface area contributed by atoms with Crippen LogP contribution < -0.4 is 15.4 Å². The van der Waals surface area contributed by atoms with E-state index in [1.807, 2.05) is 19.9 Å². The molecule has 27 heavy (non-hydrogen) atoms. The molecule has 150 valence electrons. The second-order valence-electron chi connectivity index (χ2n) is 6.23. The van der Waals surface area contributed by atoms with Gasteiger partial charge in [0.15, 0.2) is 5.96 Å². The number of furan rings is 1. The first-order valence-electron chi connectivity index (χ1n) is 8.53. The smallest absolute Gasteiger partial charge is 0.191 e. The van der Waals surface area contributed by atoms with Gasteiger partial charge in [-0.3, -0.25) is 0 Å². The summed E-state index contributed by atoms with van der Waals surface area (Å²) in [4.78, 5) is 4.46. The van der Waals surface area contributed by atoms with Gasteiger partial charge in [0.05, 0.1) is 20.2 Å². The van der Waals surface area contributed by atoms with E-state index in [0.717, 1.165) is 5.76 Å². The number of hydrogen-bond donors (Lipinski definition) is 4. The molecule has 8 heteroatoms. The molecular weight excluding hydrogens is 461 g/mol. The summed E-state index contributed by atoms with van der Waals surface area (Å²) in [5.74, 6) is 2.57. The number of phenols is 1. The molecule has 0 aliphatic rings. The number of benzene rings is 1. The molecule has 0 radical (unpaired) electrons. The number of nitrogens with one attached hydrogen (secondary N) is 2. The normalized spacial score (nSPS) is 13.4. The van der Waals surface area contributed by atoms with Crippen LogP contribution in [0.4, 0.5) is 0 Å². The van der Waals surface area contributed by atoms with Crippen molar-refractivity contribution in [3.63, 3.8) is 0 Å². The summed E-state index contributed by atoms with van der Waals surface area (Å²) >= 11 is 0. The zero-order valence-corrected chi connectivity index (χ0v) is 18.4. The van der Waals surface area contributed by atoms with Crippen molar-refractivity contribution in [3.05, 3.63) is 47.4 Å². The number of ether oxygens (including phenoxy) is 1. The summed E-state index contributed by atoms with van der Waals surface area (Å²) in [7, 11) is 1.57. The van der Waals surface area contributed by atoms with Gasteiger partial charge in [0.25, 0.3) is 0 Å². The number of phenolic OH excluding ortho intramolecular Hbond substituents is 1. The molecule has 2 rings (SSSR count). The molecule has 0 saturated heterocycles. The van der Waals surface area contributed by atoms with E-state index in [2.05, 4.69) is 15.6 Å². The van der Waals surface area contributed by atoms with Gasteiger partial charge in [0.1, 0.15) is 28.6 Å². The Hall–Kier alpha value is -1.94. The molecule has 0 aliphatic heterocycles. The highest BCUT2D eigenvalue weighted by Crippen LogP contribution is 2.24. The van der Waals surface area contributed by atoms with Crippen molar-refractivity contribution < 1.29 is 19.4 Å². The molecule has 0 fully saturated rings. The highest BCUT2D eigenvalue weighted by atomic mass is 127. The maximum Gasteiger partial charge on any atom is 0.191 e. The number of guanidine groups is 1. The van der Waals surface area contributed by atoms with Crippen LogP contribution in [0.3, 0.4) is 0 Å². The lowest BCUT2D eigenvalue weighted by Crippen LogP contribution is -2.44. The van der Waals surface area contributed by atoms with Gasteiger partial charge < -0.3 is 30.0 Å². The Kier molecular flexibility index (Phi) is 8.91. The molecule has 1 atom stereocenters. The molecule has 0 bridgehead atoms. The molecule has 0 aliphatic carbocycles. The number of halogens is 1. The topological polar surface area (TPSA) is 99.3 Å². The molecule has 0 amide bonds. The lowest BCUT2D eigenvalue weighted by molar-refractivity contribution is 0.0378. The number of methoxy groups -OCH3 is 1. The molecule has 1 aromatic heterocycles. The van der Waals surface area contributed by atoms with Gasteiger partial charge in [-0.1, -0.05) is 0 Å². The Balaban J connectivity index is 0.00000364. The number of aryl methyl sites for hydroxylation is 1. The number of aliphatic imine (C=N–C) groups is 1. The van der Waals surface area contributed by atoms with E-state index in [9.17, 15) is 10.2 Å². The molecular formula is C19H28IN3O4. The zero-order chi connectivity index (χ0) is 19.2. The molecule has 1 aromatic carbocycles. The van der Waals surface area contributed by atoms with Crippen molar-refractivity contribution in [1.29, 1.82) is 0 Å². The third-order valence-electron chi connectivity index (χ3n) is 3.91. The van der Waals surface area contributed by atoms with Crippen molar-refractivity contribution in [2.45, 2.75) is 32.9 Å². The predicted octanol–water partition coefficient (Wildman–Crippen LogP) is 2.88. The third-order valence-corrected chi connectivity index (χ3v) is 3.91. The molecule has 1 unspecified atom stereocenters. The predicted molar refractivity (Wildman–Crippen MR) is 116 cm³/mol. The summed E-state index contributed by atoms with van der Waals surface area (Å²) in [6.45, 7) is 6.61. The van der Waals surface area contributed by atoms with Gasteiger partial charge in [-0.15, -0.1) is 24.0 Å². The second-order valence-corrected chi connectivity index (χ2v) is 6.23. The van der Waals surface area contributed by atoms with E-state index >= 15 is 0 Å². The lowest BCUT2D eigenvalue weighted by atomic mass is 10.0. The van der Waals surface area contributed by atoms with Crippen LogP contribution in [0.15, 0.2) is 39.7 Å². The first-order chi connectivity index (χ1) is 12.4. The van der Waals surface area contributed by atoms with Gasteiger partial charge >= 0.3 is 0 Å². The molecule has 2 aromatic rings. The van der Waals surface area contributed by atoms with Crippen LogP contribution in [0.1, 0.15) is 30.9 Å². The molecule has 7 nitrogen and oxygen atoms in total. The highest BCUT2D eigenvalue weighted by Gasteiger charge is 2.27. The number of rotatable bonds is 7. The molecule has 4 N–H and O–H groups in total. The summed E-state index contributed by atoms with van der Waals surface area (Å²) in [6.07, 6.45) is 0. The molecule has 0 saturated carbocycles. The SMILES string of the molecule is CCNC(=NCc1cc(OC)ccc1O)NCC(C)(O)c1ccc(C)o1.I. The van der Waals surface area contributed by atoms with Crippen LogP contribution in [0.5, 0.6) is 11.5 Å². The third kappa shape index (κ3) is 6.62. The van der Waals surface area contributed by atoms with Gasteiger partial charge in [0.2, 0.25) is 0 Å². The zero-order valence-electron chi connectivity index (χ0n) is 16.1. The van der Waals surface area contributed by atoms with Crippen molar-refractivity contribution >= 4 is 29.9 Å². The summed E-state index contributed by atoms with van der Waals surface area (Å²) < 4.78 is 10.7. The van der Waals surface area contributed by atoms with Crippen LogP contribution in [-0.2, 0) is 12.1 Å². The molecule has 0 spiro atoms. The highest BCUT2D eigenvalue weighted by molar-refractivity contribution is 14.0. The molecule has 1 heterocycles. The van der Waals surface area contributed by atoms with Crippen LogP contribution >= 0.6 is 24.0 Å². The maximum atomic E-state index is 10.6. The van der Waals surface area contributed by atoms with E-state index in [1.165, 1.54) is 0 Å². The van der Waals surface area contributed by atoms with Crippen LogP contribution in [0.2, 0.25) is 0 Å². The fraction of sp³-hybridized carbons (Fsp3) is 0.421. The average Bonchev–Trinajstić information content (AvgIpc) is 3.06. The van der Waals surface area contributed by atoms with Crippen molar-refractivity contribution in [3.8, 4) is 11.5 Å². The number of hydrogen-bond acceptors (Lipinski definition) is 5. The number of aliphatic hydroxyl groups is 1. The van der Waals surface area contributed by atoms with E-state index in [-0.39, 0.29) is 42.8 Å². The second kappa shape index (κ2) is 10.4. The minimum atomic E-state index is -1.18. The summed E-state index contributed by atoms with van der Waals surface area (Å²) in [5.41, 5.74) is -0.530. The quantitative estimate of drug-likeness (QED) is 0.271. The van der Waals surface area contributed by atoms with Gasteiger partial charge in [-0.2, -0.15) is 0 Å². The fourth-order valence-corrected chi connectivity index (χ4v) is 2.39. The Bertz CT molecular complexity index is 759. The Morgan fingerprint density at radius 2 is 2.00 bits per heavy atom. The summed E-state index contributed by atoms with van der Waals surface area (Å²) in [5, 5.41) is 26.8. The summed E-state index contributed by atoms with van der Waals surface area (Å²) in [6, 6.07) is 8.58. The average molecular weight is 489 g/mol. The van der Waals surface area contributed by atoms with Crippen molar-refractivity contribution in [1.82, 2.24) is 10.6 Å². The minimum absolute atomic E-state index is 0. The van der Waals surface area contributed by atoms with Gasteiger partial charge in [0, 0.05) is 12.1 Å². The van der Waals surface area contributed by atoms with E-state index in [1.54, 1.807) is 38.3 Å². The first-order valence-corrected chi connectivity index (χ1v) is 8.53. The standard InChI is InChI=1S/C19H27N3O4.HI/c1-5-20-18(21-11-14-10-15(25-4)7-8-16(14)23)22-12-19(3,24)17-9-6-13(2)26-17;/h6-10,23-24H,5,11-12H2,1-4H3,(H2,20,21,22);1H. The Morgan fingerprint density at radius 3 is 2.59 bits per heavy atom. The first kappa shape index (κ1) is 23.1. The van der Waals surface area contributed by atoms with Gasteiger partial charge in [-0.25, -0.2) is 4.99 Å². The van der Waals surface area contributed by atoms with Crippen LogP contribution in [0, 0.1) is 6.92 Å². The monoisotopic (exact) mass is 489 g/mol. The minimum Gasteiger partial charge on any atom is -0.508 e. The fourth-order valence-electron chi connectivity index (χ4n) is 2.39. The van der Waals surface area contributed by atoms with Crippen LogP contribution in [0.25, 0.3) is 0 Å². The largest absolute Gasteiger partial charge is 0.508 e. The van der Waals surface area contributed by atoms with Crippen molar-refractivity contribution in [2.75, 3.05) is 20.2 Å². The lowest BCUT2D eigenvalue weighted by Gasteiger charge is -2.23. The number of aromatic hydroxyl groups is 1. The Labute approximate surface area is 176 Å². The Morgan fingerprint density at radius 1 is 1.26 bits per heavy atom.